The van der Waals surface area contributed by atoms with Crippen molar-refractivity contribution < 1.29 is 8.42 Å². The highest BCUT2D eigenvalue weighted by atomic mass is 32.2. The number of aliphatic imine (C=N–C) groups is 1. The maximum Gasteiger partial charge on any atom is 0.250 e. The Hall–Kier alpha value is -1.12. The van der Waals surface area contributed by atoms with Crippen LogP contribution in [0, 0.1) is 6.92 Å². The van der Waals surface area contributed by atoms with Gasteiger partial charge in [0.1, 0.15) is 4.21 Å². The van der Waals surface area contributed by atoms with E-state index < -0.39 is 10.0 Å². The first-order chi connectivity index (χ1) is 9.35. The van der Waals surface area contributed by atoms with E-state index in [1.807, 2.05) is 20.8 Å². The van der Waals surface area contributed by atoms with Gasteiger partial charge < -0.3 is 11.1 Å². The zero-order valence-corrected chi connectivity index (χ0v) is 13.6. The second kappa shape index (κ2) is 7.61. The van der Waals surface area contributed by atoms with Crippen molar-refractivity contribution in [3.63, 3.8) is 0 Å². The summed E-state index contributed by atoms with van der Waals surface area (Å²) in [6, 6.07) is 3.64. The Morgan fingerprint density at radius 2 is 2.20 bits per heavy atom. The number of hydrogen-bond acceptors (Lipinski definition) is 4. The van der Waals surface area contributed by atoms with Crippen LogP contribution in [0.3, 0.4) is 0 Å². The first-order valence-corrected chi connectivity index (χ1v) is 8.77. The van der Waals surface area contributed by atoms with Crippen LogP contribution in [0.5, 0.6) is 0 Å². The fraction of sp³-hybridized carbons (Fsp3) is 0.583. The number of nitrogens with zero attached hydrogens (tertiary/aromatic N) is 1. The van der Waals surface area contributed by atoms with Crippen LogP contribution in [0.25, 0.3) is 0 Å². The maximum atomic E-state index is 11.9. The molecule has 8 heteroatoms. The summed E-state index contributed by atoms with van der Waals surface area (Å²) in [7, 11) is -3.43. The molecule has 1 aromatic heterocycles. The van der Waals surface area contributed by atoms with E-state index in [0.717, 1.165) is 11.3 Å². The predicted octanol–water partition coefficient (Wildman–Crippen LogP) is 1.04. The van der Waals surface area contributed by atoms with Gasteiger partial charge in [0.05, 0.1) is 6.54 Å². The van der Waals surface area contributed by atoms with Crippen molar-refractivity contribution in [2.24, 2.45) is 10.7 Å². The molecule has 0 amide bonds. The summed E-state index contributed by atoms with van der Waals surface area (Å²) in [6.07, 6.45) is 0.945. The third kappa shape index (κ3) is 5.48. The topological polar surface area (TPSA) is 96.6 Å². The van der Waals surface area contributed by atoms with Crippen molar-refractivity contribution >= 4 is 27.3 Å². The molecule has 114 valence electrons. The number of aryl methyl sites for hydroxylation is 1. The van der Waals surface area contributed by atoms with Crippen LogP contribution in [-0.4, -0.2) is 33.5 Å². The molecule has 0 spiro atoms. The standard InChI is InChI=1S/C12H22N4O2S2/c1-4-9(2)16-12(13)14-7-8-15-20(17,18)11-6-5-10(3)19-11/h5-6,9,15H,4,7-8H2,1-3H3,(H3,13,14,16). The Balaban J connectivity index is 2.42. The molecule has 0 saturated heterocycles. The number of thiophene rings is 1. The normalized spacial score (nSPS) is 14.2. The lowest BCUT2D eigenvalue weighted by Gasteiger charge is -2.11. The molecule has 0 aliphatic carbocycles. The Kier molecular flexibility index (Phi) is 6.44. The minimum atomic E-state index is -3.43. The molecular weight excluding hydrogens is 296 g/mol. The third-order valence-corrected chi connectivity index (χ3v) is 5.63. The van der Waals surface area contributed by atoms with Crippen LogP contribution in [0.15, 0.2) is 21.3 Å². The van der Waals surface area contributed by atoms with Gasteiger partial charge in [0.15, 0.2) is 5.96 Å². The summed E-state index contributed by atoms with van der Waals surface area (Å²) in [5.74, 6) is 0.338. The number of sulfonamides is 1. The Labute approximate surface area is 124 Å². The number of nitrogens with two attached hydrogens (primary N) is 1. The SMILES string of the molecule is CCC(C)NC(N)=NCCNS(=O)(=O)c1ccc(C)s1. The van der Waals surface area contributed by atoms with Crippen LogP contribution in [0.2, 0.25) is 0 Å². The predicted molar refractivity (Wildman–Crippen MR) is 83.6 cm³/mol. The lowest BCUT2D eigenvalue weighted by atomic mass is 10.3. The quantitative estimate of drug-likeness (QED) is 0.397. The largest absolute Gasteiger partial charge is 0.370 e. The molecule has 0 bridgehead atoms. The molecule has 1 rings (SSSR count). The van der Waals surface area contributed by atoms with Gasteiger partial charge in [0, 0.05) is 17.5 Å². The summed E-state index contributed by atoms with van der Waals surface area (Å²) >= 11 is 1.25. The molecule has 0 fully saturated rings. The number of hydrogen-bond donors (Lipinski definition) is 3. The van der Waals surface area contributed by atoms with E-state index in [2.05, 4.69) is 15.0 Å². The molecular formula is C12H22N4O2S2. The minimum absolute atomic E-state index is 0.224. The molecule has 4 N–H and O–H groups in total. The first kappa shape index (κ1) is 16.9. The van der Waals surface area contributed by atoms with Crippen LogP contribution in [0.4, 0.5) is 0 Å². The van der Waals surface area contributed by atoms with E-state index in [4.69, 9.17) is 5.73 Å². The van der Waals surface area contributed by atoms with E-state index in [1.54, 1.807) is 12.1 Å². The van der Waals surface area contributed by atoms with E-state index in [1.165, 1.54) is 11.3 Å². The van der Waals surface area contributed by atoms with Crippen LogP contribution in [0.1, 0.15) is 25.1 Å². The van der Waals surface area contributed by atoms with Gasteiger partial charge >= 0.3 is 0 Å². The molecule has 0 radical (unpaired) electrons. The first-order valence-electron chi connectivity index (χ1n) is 6.47. The van der Waals surface area contributed by atoms with Crippen LogP contribution < -0.4 is 15.8 Å². The van der Waals surface area contributed by atoms with Gasteiger partial charge in [-0.15, -0.1) is 11.3 Å². The summed E-state index contributed by atoms with van der Waals surface area (Å²) in [4.78, 5) is 5.04. The molecule has 0 aliphatic heterocycles. The lowest BCUT2D eigenvalue weighted by molar-refractivity contribution is 0.584. The molecule has 20 heavy (non-hydrogen) atoms. The number of nitrogens with one attached hydrogen (secondary N) is 2. The zero-order valence-electron chi connectivity index (χ0n) is 12.0. The highest BCUT2D eigenvalue weighted by Gasteiger charge is 2.14. The van der Waals surface area contributed by atoms with Crippen LogP contribution in [-0.2, 0) is 10.0 Å². The summed E-state index contributed by atoms with van der Waals surface area (Å²) in [5, 5.41) is 3.01. The van der Waals surface area contributed by atoms with Gasteiger partial charge in [-0.25, -0.2) is 13.1 Å². The Bertz CT molecular complexity index is 552. The lowest BCUT2D eigenvalue weighted by Crippen LogP contribution is -2.38. The molecule has 1 aromatic rings. The van der Waals surface area contributed by atoms with Gasteiger partial charge in [0.25, 0.3) is 0 Å². The number of rotatable bonds is 7. The fourth-order valence-corrected chi connectivity index (χ4v) is 3.73. The Morgan fingerprint density at radius 3 is 2.75 bits per heavy atom. The van der Waals surface area contributed by atoms with Gasteiger partial charge in [-0.05, 0) is 32.4 Å². The fourth-order valence-electron chi connectivity index (χ4n) is 1.38. The van der Waals surface area contributed by atoms with E-state index in [0.29, 0.717) is 16.7 Å². The molecule has 0 aliphatic rings. The molecule has 0 saturated carbocycles. The van der Waals surface area contributed by atoms with E-state index >= 15 is 0 Å². The highest BCUT2D eigenvalue weighted by Crippen LogP contribution is 2.19. The van der Waals surface area contributed by atoms with E-state index in [9.17, 15) is 8.42 Å². The maximum absolute atomic E-state index is 11.9. The highest BCUT2D eigenvalue weighted by molar-refractivity contribution is 7.91. The minimum Gasteiger partial charge on any atom is -0.370 e. The van der Waals surface area contributed by atoms with Gasteiger partial charge in [-0.2, -0.15) is 0 Å². The molecule has 0 aromatic carbocycles. The Morgan fingerprint density at radius 1 is 1.50 bits per heavy atom. The molecule has 6 nitrogen and oxygen atoms in total. The third-order valence-electron chi connectivity index (χ3n) is 2.67. The molecule has 1 unspecified atom stereocenters. The van der Waals surface area contributed by atoms with Crippen molar-refractivity contribution in [1.29, 1.82) is 0 Å². The monoisotopic (exact) mass is 318 g/mol. The van der Waals surface area contributed by atoms with Gasteiger partial charge in [-0.1, -0.05) is 6.92 Å². The van der Waals surface area contributed by atoms with Gasteiger partial charge in [-0.3, -0.25) is 4.99 Å². The second-order valence-corrected chi connectivity index (χ2v) is 7.77. The zero-order chi connectivity index (χ0) is 15.2. The van der Waals surface area contributed by atoms with E-state index in [-0.39, 0.29) is 12.6 Å². The molecule has 1 heterocycles. The van der Waals surface area contributed by atoms with Crippen molar-refractivity contribution in [2.75, 3.05) is 13.1 Å². The summed E-state index contributed by atoms with van der Waals surface area (Å²) < 4.78 is 26.7. The molecule has 1 atom stereocenters. The number of guanidine groups is 1. The average Bonchev–Trinajstić information content (AvgIpc) is 2.82. The van der Waals surface area contributed by atoms with Gasteiger partial charge in [0.2, 0.25) is 10.0 Å². The van der Waals surface area contributed by atoms with Crippen LogP contribution >= 0.6 is 11.3 Å². The van der Waals surface area contributed by atoms with Crippen molar-refractivity contribution in [3.05, 3.63) is 17.0 Å². The van der Waals surface area contributed by atoms with Crippen molar-refractivity contribution in [1.82, 2.24) is 10.0 Å². The second-order valence-electron chi connectivity index (χ2n) is 4.48. The summed E-state index contributed by atoms with van der Waals surface area (Å²) in [6.45, 7) is 6.45. The summed E-state index contributed by atoms with van der Waals surface area (Å²) in [5.41, 5.74) is 5.68. The van der Waals surface area contributed by atoms with Crippen molar-refractivity contribution in [3.8, 4) is 0 Å². The smallest absolute Gasteiger partial charge is 0.250 e. The average molecular weight is 318 g/mol. The van der Waals surface area contributed by atoms with Crippen molar-refractivity contribution in [2.45, 2.75) is 37.4 Å².